The molecule has 0 aliphatic carbocycles. The number of benzene rings is 2. The largest absolute Gasteiger partial charge is 0.377 e. The molecule has 1 fully saturated rings. The number of H-pyrrole nitrogens is 1. The molecular weight excluding hydrogens is 348 g/mol. The minimum absolute atomic E-state index is 0.0197. The van der Waals surface area contributed by atoms with Crippen LogP contribution in [0.4, 0.5) is 0 Å². The van der Waals surface area contributed by atoms with E-state index in [0.717, 1.165) is 28.5 Å². The normalized spacial score (nSPS) is 17.6. The Morgan fingerprint density at radius 2 is 2.08 bits per heavy atom. The second kappa shape index (κ2) is 7.14. The minimum atomic E-state index is 0.0197. The zero-order valence-corrected chi connectivity index (χ0v) is 15.4. The van der Waals surface area contributed by atoms with Crippen LogP contribution in [0.3, 0.4) is 0 Å². The maximum absolute atomic E-state index is 13.4. The van der Waals surface area contributed by atoms with Crippen LogP contribution in [0.5, 0.6) is 0 Å². The first-order valence-corrected chi connectivity index (χ1v) is 9.32. The summed E-state index contributed by atoms with van der Waals surface area (Å²) in [5, 5.41) is 1.62. The van der Waals surface area contributed by atoms with Gasteiger partial charge in [-0.2, -0.15) is 0 Å². The lowest BCUT2D eigenvalue weighted by Gasteiger charge is -2.35. The van der Waals surface area contributed by atoms with Gasteiger partial charge >= 0.3 is 0 Å². The van der Waals surface area contributed by atoms with Crippen molar-refractivity contribution in [2.24, 2.45) is 0 Å². The van der Waals surface area contributed by atoms with Gasteiger partial charge in [0.15, 0.2) is 0 Å². The lowest BCUT2D eigenvalue weighted by atomic mass is 10.0. The van der Waals surface area contributed by atoms with Crippen molar-refractivity contribution >= 4 is 28.4 Å². The summed E-state index contributed by atoms with van der Waals surface area (Å²) in [6.07, 6.45) is 0.873. The maximum Gasteiger partial charge on any atom is 0.271 e. The third-order valence-electron chi connectivity index (χ3n) is 5.00. The van der Waals surface area contributed by atoms with Gasteiger partial charge in [0.05, 0.1) is 19.3 Å². The van der Waals surface area contributed by atoms with Gasteiger partial charge in [-0.1, -0.05) is 48.9 Å². The number of aromatic amines is 1. The second-order valence-electron chi connectivity index (χ2n) is 6.57. The molecular formula is C21H21ClN2O2. The van der Waals surface area contributed by atoms with Gasteiger partial charge in [-0.15, -0.1) is 0 Å². The monoisotopic (exact) mass is 368 g/mol. The number of halogens is 1. The third-order valence-corrected chi connectivity index (χ3v) is 5.23. The average Bonchev–Trinajstić information content (AvgIpc) is 3.06. The van der Waals surface area contributed by atoms with Crippen molar-refractivity contribution in [3.05, 3.63) is 59.2 Å². The van der Waals surface area contributed by atoms with Crippen molar-refractivity contribution in [1.82, 2.24) is 9.88 Å². The van der Waals surface area contributed by atoms with E-state index in [-0.39, 0.29) is 11.9 Å². The fourth-order valence-corrected chi connectivity index (χ4v) is 3.81. The smallest absolute Gasteiger partial charge is 0.271 e. The first kappa shape index (κ1) is 17.1. The van der Waals surface area contributed by atoms with Crippen molar-refractivity contribution < 1.29 is 9.53 Å². The van der Waals surface area contributed by atoms with Crippen molar-refractivity contribution in [2.45, 2.75) is 19.4 Å². The number of nitrogens with zero attached hydrogens (tertiary/aromatic N) is 1. The van der Waals surface area contributed by atoms with Crippen molar-refractivity contribution in [1.29, 1.82) is 0 Å². The lowest BCUT2D eigenvalue weighted by molar-refractivity contribution is -0.00301. The molecule has 2 heterocycles. The van der Waals surface area contributed by atoms with Gasteiger partial charge in [-0.25, -0.2) is 0 Å². The fraction of sp³-hybridized carbons (Fsp3) is 0.286. The van der Waals surface area contributed by atoms with Crippen LogP contribution in [0.1, 0.15) is 23.8 Å². The fourth-order valence-electron chi connectivity index (χ4n) is 3.63. The van der Waals surface area contributed by atoms with E-state index < -0.39 is 0 Å². The Morgan fingerprint density at radius 1 is 1.27 bits per heavy atom. The van der Waals surface area contributed by atoms with Gasteiger partial charge in [0.1, 0.15) is 5.69 Å². The highest BCUT2D eigenvalue weighted by Gasteiger charge is 2.30. The van der Waals surface area contributed by atoms with Crippen LogP contribution in [0.25, 0.3) is 22.0 Å². The van der Waals surface area contributed by atoms with Crippen LogP contribution in [0.2, 0.25) is 5.02 Å². The van der Waals surface area contributed by atoms with E-state index in [4.69, 9.17) is 16.3 Å². The van der Waals surface area contributed by atoms with E-state index in [9.17, 15) is 4.79 Å². The Morgan fingerprint density at radius 3 is 2.85 bits per heavy atom. The number of morpholine rings is 1. The number of nitrogens with one attached hydrogen (secondary N) is 1. The Balaban J connectivity index is 1.88. The lowest BCUT2D eigenvalue weighted by Crippen LogP contribution is -2.48. The Bertz CT molecular complexity index is 936. The molecule has 1 N–H and O–H groups in total. The van der Waals surface area contributed by atoms with Gasteiger partial charge in [-0.3, -0.25) is 4.79 Å². The first-order chi connectivity index (χ1) is 12.7. The highest BCUT2D eigenvalue weighted by atomic mass is 35.5. The highest BCUT2D eigenvalue weighted by molar-refractivity contribution is 6.31. The van der Waals surface area contributed by atoms with Crippen LogP contribution in [0.15, 0.2) is 48.5 Å². The van der Waals surface area contributed by atoms with Crippen LogP contribution >= 0.6 is 11.6 Å². The standard InChI is InChI=1S/C21H21ClN2O2/c1-2-16-13-26-11-10-24(16)21(25)20-19(14-6-4-3-5-7-14)17-12-15(22)8-9-18(17)23-20/h3-9,12,16,23H,2,10-11,13H2,1H3/t16-/m1/s1. The van der Waals surface area contributed by atoms with Crippen LogP contribution in [0, 0.1) is 0 Å². The molecule has 0 spiro atoms. The number of carbonyl (C=O) groups is 1. The van der Waals surface area contributed by atoms with Gasteiger partial charge in [0.25, 0.3) is 5.91 Å². The summed E-state index contributed by atoms with van der Waals surface area (Å²) in [4.78, 5) is 18.7. The molecule has 3 aromatic rings. The summed E-state index contributed by atoms with van der Waals surface area (Å²) >= 11 is 6.24. The minimum Gasteiger partial charge on any atom is -0.377 e. The number of aromatic nitrogens is 1. The van der Waals surface area contributed by atoms with Gasteiger partial charge in [-0.05, 0) is 30.2 Å². The number of hydrogen-bond acceptors (Lipinski definition) is 2. The highest BCUT2D eigenvalue weighted by Crippen LogP contribution is 2.35. The number of amides is 1. The Kier molecular flexibility index (Phi) is 4.70. The molecule has 4 rings (SSSR count). The molecule has 4 nitrogen and oxygen atoms in total. The van der Waals surface area contributed by atoms with E-state index in [0.29, 0.717) is 30.5 Å². The van der Waals surface area contributed by atoms with Gasteiger partial charge < -0.3 is 14.6 Å². The average molecular weight is 369 g/mol. The topological polar surface area (TPSA) is 45.3 Å². The summed E-state index contributed by atoms with van der Waals surface area (Å²) in [6.45, 7) is 3.87. The zero-order chi connectivity index (χ0) is 18.1. The summed E-state index contributed by atoms with van der Waals surface area (Å²) in [5.41, 5.74) is 3.45. The predicted molar refractivity (Wildman–Crippen MR) is 105 cm³/mol. The first-order valence-electron chi connectivity index (χ1n) is 8.94. The van der Waals surface area contributed by atoms with Crippen molar-refractivity contribution in [3.63, 3.8) is 0 Å². The van der Waals surface area contributed by atoms with E-state index in [1.165, 1.54) is 0 Å². The molecule has 0 unspecified atom stereocenters. The molecule has 1 aromatic heterocycles. The molecule has 2 aromatic carbocycles. The number of hydrogen-bond donors (Lipinski definition) is 1. The molecule has 134 valence electrons. The second-order valence-corrected chi connectivity index (χ2v) is 7.00. The van der Waals surface area contributed by atoms with E-state index in [2.05, 4.69) is 11.9 Å². The molecule has 1 aliphatic rings. The number of rotatable bonds is 3. The Hall–Kier alpha value is -2.30. The molecule has 0 saturated carbocycles. The van der Waals surface area contributed by atoms with E-state index in [1.54, 1.807) is 0 Å². The molecule has 1 saturated heterocycles. The number of ether oxygens (including phenoxy) is 1. The molecule has 26 heavy (non-hydrogen) atoms. The van der Waals surface area contributed by atoms with Crippen LogP contribution < -0.4 is 0 Å². The molecule has 0 radical (unpaired) electrons. The Labute approximate surface area is 157 Å². The van der Waals surface area contributed by atoms with Crippen LogP contribution in [-0.4, -0.2) is 41.6 Å². The maximum atomic E-state index is 13.4. The summed E-state index contributed by atoms with van der Waals surface area (Å²) in [5.74, 6) is 0.0197. The zero-order valence-electron chi connectivity index (χ0n) is 14.7. The summed E-state index contributed by atoms with van der Waals surface area (Å²) < 4.78 is 5.56. The van der Waals surface area contributed by atoms with E-state index >= 15 is 0 Å². The quantitative estimate of drug-likeness (QED) is 0.725. The van der Waals surface area contributed by atoms with Gasteiger partial charge in [0, 0.05) is 28.0 Å². The third kappa shape index (κ3) is 3.00. The number of fused-ring (bicyclic) bond motifs is 1. The molecule has 5 heteroatoms. The van der Waals surface area contributed by atoms with Crippen molar-refractivity contribution in [2.75, 3.05) is 19.8 Å². The van der Waals surface area contributed by atoms with Crippen molar-refractivity contribution in [3.8, 4) is 11.1 Å². The summed E-state index contributed by atoms with van der Waals surface area (Å²) in [6, 6.07) is 15.8. The molecule has 1 atom stereocenters. The SMILES string of the molecule is CC[C@@H]1COCCN1C(=O)c1[nH]c2ccc(Cl)cc2c1-c1ccccc1. The number of carbonyl (C=O) groups excluding carboxylic acids is 1. The van der Waals surface area contributed by atoms with E-state index in [1.807, 2.05) is 53.4 Å². The predicted octanol–water partition coefficient (Wildman–Crippen LogP) is 4.74. The molecule has 1 aliphatic heterocycles. The van der Waals surface area contributed by atoms with Crippen LogP contribution in [-0.2, 0) is 4.74 Å². The van der Waals surface area contributed by atoms with Gasteiger partial charge in [0.2, 0.25) is 0 Å². The molecule has 0 bridgehead atoms. The summed E-state index contributed by atoms with van der Waals surface area (Å²) in [7, 11) is 0. The molecule has 1 amide bonds.